The van der Waals surface area contributed by atoms with Crippen molar-refractivity contribution in [1.29, 1.82) is 0 Å². The van der Waals surface area contributed by atoms with Crippen LogP contribution in [-0.2, 0) is 16.1 Å². The van der Waals surface area contributed by atoms with Crippen molar-refractivity contribution in [3.8, 4) is 0 Å². The van der Waals surface area contributed by atoms with Gasteiger partial charge in [-0.2, -0.15) is 5.10 Å². The van der Waals surface area contributed by atoms with Crippen LogP contribution in [0.3, 0.4) is 0 Å². The number of ether oxygens (including phenoxy) is 1. The Balaban J connectivity index is 1.92. The summed E-state index contributed by atoms with van der Waals surface area (Å²) in [6.07, 6.45) is -1.25. The monoisotopic (exact) mass is 260 g/mol. The number of hydrogen-bond donors (Lipinski definition) is 1. The summed E-state index contributed by atoms with van der Waals surface area (Å²) in [6, 6.07) is 1.21. The molecular formula is C10H14F2N4O2. The van der Waals surface area contributed by atoms with Crippen molar-refractivity contribution in [2.75, 3.05) is 26.3 Å². The molecule has 100 valence electrons. The summed E-state index contributed by atoms with van der Waals surface area (Å²) in [5, 5.41) is 5.06. The number of hydrogen-bond acceptors (Lipinski definition) is 4. The maximum Gasteiger partial charge on any atom is 0.282 e. The minimum Gasteiger partial charge on any atom is -0.378 e. The molecule has 1 aromatic heterocycles. The zero-order chi connectivity index (χ0) is 13.0. The molecule has 1 aliphatic heterocycles. The molecule has 0 saturated carbocycles. The molecule has 0 aliphatic carbocycles. The topological polar surface area (TPSA) is 59.4 Å². The van der Waals surface area contributed by atoms with Crippen molar-refractivity contribution < 1.29 is 18.3 Å². The van der Waals surface area contributed by atoms with E-state index in [1.165, 1.54) is 22.0 Å². The first-order chi connectivity index (χ1) is 8.66. The van der Waals surface area contributed by atoms with E-state index in [4.69, 9.17) is 4.74 Å². The van der Waals surface area contributed by atoms with Crippen molar-refractivity contribution in [2.45, 2.75) is 13.0 Å². The summed E-state index contributed by atoms with van der Waals surface area (Å²) in [6.45, 7) is 1.91. The molecule has 18 heavy (non-hydrogen) atoms. The van der Waals surface area contributed by atoms with Gasteiger partial charge in [0.2, 0.25) is 0 Å². The molecule has 1 aromatic rings. The fourth-order valence-electron chi connectivity index (χ4n) is 1.61. The first-order valence-corrected chi connectivity index (χ1v) is 5.60. The average Bonchev–Trinajstić information content (AvgIpc) is 2.64. The van der Waals surface area contributed by atoms with Crippen molar-refractivity contribution in [3.05, 3.63) is 18.0 Å². The normalized spacial score (nSPS) is 16.9. The summed E-state index contributed by atoms with van der Waals surface area (Å²) in [4.78, 5) is 11.9. The van der Waals surface area contributed by atoms with Crippen molar-refractivity contribution >= 4 is 5.91 Å². The van der Waals surface area contributed by atoms with E-state index in [0.717, 1.165) is 0 Å². The summed E-state index contributed by atoms with van der Waals surface area (Å²) in [7, 11) is 0. The molecule has 1 N–H and O–H groups in total. The molecule has 1 aliphatic rings. The Kier molecular flexibility index (Phi) is 4.21. The molecule has 0 spiro atoms. The Hall–Kier alpha value is -1.54. The number of halogens is 2. The molecule has 0 unspecified atom stereocenters. The Morgan fingerprint density at radius 3 is 3.11 bits per heavy atom. The van der Waals surface area contributed by atoms with E-state index in [1.54, 1.807) is 0 Å². The van der Waals surface area contributed by atoms with E-state index in [1.807, 2.05) is 0 Å². The minimum absolute atomic E-state index is 0.0697. The van der Waals surface area contributed by atoms with Gasteiger partial charge >= 0.3 is 0 Å². The first kappa shape index (κ1) is 12.9. The van der Waals surface area contributed by atoms with Gasteiger partial charge in [-0.25, -0.2) is 14.2 Å². The highest BCUT2D eigenvalue weighted by Gasteiger charge is 2.17. The summed E-state index contributed by atoms with van der Waals surface area (Å²) < 4.78 is 31.0. The van der Waals surface area contributed by atoms with Crippen LogP contribution >= 0.6 is 0 Å². The van der Waals surface area contributed by atoms with Crippen LogP contribution in [0.5, 0.6) is 0 Å². The lowest BCUT2D eigenvalue weighted by Crippen LogP contribution is -2.45. The fraction of sp³-hybridized carbons (Fsp3) is 0.600. The molecule has 1 amide bonds. The van der Waals surface area contributed by atoms with Crippen molar-refractivity contribution in [3.63, 3.8) is 0 Å². The van der Waals surface area contributed by atoms with E-state index in [9.17, 15) is 13.6 Å². The summed E-state index contributed by atoms with van der Waals surface area (Å²) in [5.74, 6) is -0.232. The second-order valence-electron chi connectivity index (χ2n) is 3.80. The van der Waals surface area contributed by atoms with Crippen LogP contribution in [0.1, 0.15) is 12.1 Å². The number of hydrazine groups is 1. The van der Waals surface area contributed by atoms with Gasteiger partial charge in [-0.05, 0) is 6.07 Å². The largest absolute Gasteiger partial charge is 0.378 e. The van der Waals surface area contributed by atoms with Crippen LogP contribution in [-0.4, -0.2) is 47.0 Å². The number of amides is 1. The second kappa shape index (κ2) is 5.87. The van der Waals surface area contributed by atoms with Gasteiger partial charge in [0.05, 0.1) is 19.8 Å². The van der Waals surface area contributed by atoms with Gasteiger partial charge in [0, 0.05) is 12.7 Å². The van der Waals surface area contributed by atoms with Gasteiger partial charge < -0.3 is 4.74 Å². The van der Waals surface area contributed by atoms with E-state index in [0.29, 0.717) is 26.3 Å². The number of alkyl halides is 2. The zero-order valence-electron chi connectivity index (χ0n) is 9.68. The Morgan fingerprint density at radius 2 is 2.39 bits per heavy atom. The summed E-state index contributed by atoms with van der Waals surface area (Å²) in [5.41, 5.74) is 2.58. The van der Waals surface area contributed by atoms with Crippen LogP contribution in [0.15, 0.2) is 12.3 Å². The number of carbonyl (C=O) groups is 1. The minimum atomic E-state index is -2.62. The third kappa shape index (κ3) is 3.23. The molecule has 8 heteroatoms. The summed E-state index contributed by atoms with van der Waals surface area (Å²) >= 11 is 0. The van der Waals surface area contributed by atoms with Gasteiger partial charge in [-0.15, -0.1) is 0 Å². The number of nitrogens with one attached hydrogen (secondary N) is 1. The highest BCUT2D eigenvalue weighted by molar-refractivity contribution is 5.75. The molecule has 0 radical (unpaired) electrons. The third-order valence-electron chi connectivity index (χ3n) is 2.49. The van der Waals surface area contributed by atoms with Crippen LogP contribution in [0.25, 0.3) is 0 Å². The second-order valence-corrected chi connectivity index (χ2v) is 3.80. The van der Waals surface area contributed by atoms with Gasteiger partial charge in [-0.1, -0.05) is 0 Å². The van der Waals surface area contributed by atoms with Gasteiger partial charge in [0.1, 0.15) is 12.2 Å². The quantitative estimate of drug-likeness (QED) is 0.842. The predicted molar refractivity (Wildman–Crippen MR) is 57.7 cm³/mol. The molecule has 2 rings (SSSR count). The molecule has 1 fully saturated rings. The average molecular weight is 260 g/mol. The van der Waals surface area contributed by atoms with Crippen LogP contribution in [0.4, 0.5) is 8.78 Å². The van der Waals surface area contributed by atoms with E-state index < -0.39 is 6.43 Å². The SMILES string of the molecule is O=C(Cn1ccc(C(F)F)n1)N1CCOCCN1. The highest BCUT2D eigenvalue weighted by atomic mass is 19.3. The van der Waals surface area contributed by atoms with E-state index >= 15 is 0 Å². The van der Waals surface area contributed by atoms with E-state index in [-0.39, 0.29) is 18.1 Å². The molecular weight excluding hydrogens is 246 g/mol. The smallest absolute Gasteiger partial charge is 0.282 e. The van der Waals surface area contributed by atoms with Crippen LogP contribution < -0.4 is 5.43 Å². The highest BCUT2D eigenvalue weighted by Crippen LogP contribution is 2.15. The lowest BCUT2D eigenvalue weighted by molar-refractivity contribution is -0.135. The standard InChI is InChI=1S/C10H14F2N4O2/c11-10(12)8-1-3-15(14-8)7-9(17)16-4-6-18-5-2-13-16/h1,3,10,13H,2,4-7H2. The zero-order valence-corrected chi connectivity index (χ0v) is 9.68. The number of carbonyl (C=O) groups excluding carboxylic acids is 1. The number of nitrogens with zero attached hydrogens (tertiary/aromatic N) is 3. The first-order valence-electron chi connectivity index (χ1n) is 5.60. The molecule has 0 atom stereocenters. The lowest BCUT2D eigenvalue weighted by atomic mass is 10.5. The van der Waals surface area contributed by atoms with Crippen molar-refractivity contribution in [2.24, 2.45) is 0 Å². The molecule has 0 aromatic carbocycles. The van der Waals surface area contributed by atoms with Gasteiger partial charge in [0.15, 0.2) is 0 Å². The maximum atomic E-state index is 12.3. The van der Waals surface area contributed by atoms with Crippen LogP contribution in [0.2, 0.25) is 0 Å². The molecule has 6 nitrogen and oxygen atoms in total. The predicted octanol–water partition coefficient (Wildman–Crippen LogP) is 0.184. The van der Waals surface area contributed by atoms with Gasteiger partial charge in [0.25, 0.3) is 12.3 Å². The Bertz CT molecular complexity index is 402. The van der Waals surface area contributed by atoms with Crippen LogP contribution in [0, 0.1) is 0 Å². The molecule has 0 bridgehead atoms. The number of aromatic nitrogens is 2. The molecule has 1 saturated heterocycles. The maximum absolute atomic E-state index is 12.3. The fourth-order valence-corrected chi connectivity index (χ4v) is 1.61. The van der Waals surface area contributed by atoms with E-state index in [2.05, 4.69) is 10.5 Å². The number of rotatable bonds is 3. The third-order valence-corrected chi connectivity index (χ3v) is 2.49. The van der Waals surface area contributed by atoms with Crippen molar-refractivity contribution in [1.82, 2.24) is 20.2 Å². The Morgan fingerprint density at radius 1 is 1.56 bits per heavy atom. The van der Waals surface area contributed by atoms with Gasteiger partial charge in [-0.3, -0.25) is 14.5 Å². The lowest BCUT2D eigenvalue weighted by Gasteiger charge is -2.20. The Labute approximate surface area is 102 Å². The molecule has 2 heterocycles.